The molecule has 0 aromatic rings. The molecule has 0 amide bonds. The lowest BCUT2D eigenvalue weighted by Gasteiger charge is -2.17. The summed E-state index contributed by atoms with van der Waals surface area (Å²) in [6.45, 7) is 9.99. The predicted molar refractivity (Wildman–Crippen MR) is 56.8 cm³/mol. The molecule has 1 aliphatic rings. The first-order valence-corrected chi connectivity index (χ1v) is 5.80. The average molecular weight is 184 g/mol. The Morgan fingerprint density at radius 2 is 2.00 bits per heavy atom. The number of rotatable bonds is 4. The molecule has 0 radical (unpaired) electrons. The van der Waals surface area contributed by atoms with E-state index >= 15 is 0 Å². The second-order valence-electron chi connectivity index (χ2n) is 4.59. The van der Waals surface area contributed by atoms with Gasteiger partial charge in [0.2, 0.25) is 0 Å². The Balaban J connectivity index is 2.40. The normalized spacial score (nSPS) is 36.5. The van der Waals surface area contributed by atoms with Crippen molar-refractivity contribution in [3.05, 3.63) is 0 Å². The summed E-state index contributed by atoms with van der Waals surface area (Å²) in [5, 5.41) is 0. The van der Waals surface area contributed by atoms with Gasteiger partial charge in [-0.1, -0.05) is 27.2 Å². The van der Waals surface area contributed by atoms with E-state index in [4.69, 9.17) is 4.74 Å². The van der Waals surface area contributed by atoms with Crippen LogP contribution in [0, 0.1) is 17.8 Å². The molecule has 1 saturated carbocycles. The maximum atomic E-state index is 5.74. The number of hydrogen-bond acceptors (Lipinski definition) is 1. The molecule has 1 heteroatoms. The van der Waals surface area contributed by atoms with Crippen molar-refractivity contribution in [2.24, 2.45) is 17.8 Å². The minimum absolute atomic E-state index is 0.545. The van der Waals surface area contributed by atoms with Crippen molar-refractivity contribution in [2.45, 2.75) is 53.1 Å². The van der Waals surface area contributed by atoms with E-state index in [-0.39, 0.29) is 0 Å². The van der Waals surface area contributed by atoms with Crippen LogP contribution in [0.4, 0.5) is 0 Å². The highest BCUT2D eigenvalue weighted by molar-refractivity contribution is 4.84. The molecule has 4 atom stereocenters. The Hall–Kier alpha value is -0.0400. The van der Waals surface area contributed by atoms with Crippen LogP contribution in [0.25, 0.3) is 0 Å². The molecule has 0 aromatic carbocycles. The summed E-state index contributed by atoms with van der Waals surface area (Å²) >= 11 is 0. The van der Waals surface area contributed by atoms with Gasteiger partial charge in [0.1, 0.15) is 0 Å². The molecule has 1 aliphatic carbocycles. The van der Waals surface area contributed by atoms with Gasteiger partial charge in [0, 0.05) is 6.61 Å². The zero-order valence-electron chi connectivity index (χ0n) is 9.55. The minimum Gasteiger partial charge on any atom is -0.378 e. The van der Waals surface area contributed by atoms with Gasteiger partial charge in [-0.2, -0.15) is 0 Å². The molecule has 0 aromatic heterocycles. The molecular formula is C12H24O. The van der Waals surface area contributed by atoms with Crippen molar-refractivity contribution in [1.29, 1.82) is 0 Å². The van der Waals surface area contributed by atoms with E-state index in [1.54, 1.807) is 0 Å². The third-order valence-corrected chi connectivity index (χ3v) is 3.67. The van der Waals surface area contributed by atoms with Crippen molar-refractivity contribution in [2.75, 3.05) is 6.61 Å². The van der Waals surface area contributed by atoms with Gasteiger partial charge in [0.25, 0.3) is 0 Å². The van der Waals surface area contributed by atoms with Crippen LogP contribution in [-0.2, 0) is 4.74 Å². The Labute approximate surface area is 82.9 Å². The van der Waals surface area contributed by atoms with E-state index in [1.807, 2.05) is 0 Å². The van der Waals surface area contributed by atoms with Crippen molar-refractivity contribution in [3.8, 4) is 0 Å². The Bertz CT molecular complexity index is 144. The largest absolute Gasteiger partial charge is 0.378 e. The maximum absolute atomic E-state index is 5.74. The van der Waals surface area contributed by atoms with Crippen LogP contribution in [-0.4, -0.2) is 12.7 Å². The summed E-state index contributed by atoms with van der Waals surface area (Å²) in [4.78, 5) is 0. The smallest absolute Gasteiger partial charge is 0.0603 e. The molecule has 0 bridgehead atoms. The van der Waals surface area contributed by atoms with Crippen LogP contribution in [0.3, 0.4) is 0 Å². The topological polar surface area (TPSA) is 9.23 Å². The summed E-state index contributed by atoms with van der Waals surface area (Å²) < 4.78 is 5.74. The highest BCUT2D eigenvalue weighted by Gasteiger charge is 2.33. The molecular weight excluding hydrogens is 160 g/mol. The van der Waals surface area contributed by atoms with E-state index in [0.29, 0.717) is 6.10 Å². The predicted octanol–water partition coefficient (Wildman–Crippen LogP) is 3.48. The van der Waals surface area contributed by atoms with Gasteiger partial charge < -0.3 is 4.74 Å². The first-order valence-electron chi connectivity index (χ1n) is 5.80. The van der Waals surface area contributed by atoms with Gasteiger partial charge in [-0.15, -0.1) is 0 Å². The van der Waals surface area contributed by atoms with Crippen molar-refractivity contribution >= 4 is 0 Å². The molecule has 0 heterocycles. The van der Waals surface area contributed by atoms with Crippen molar-refractivity contribution in [3.63, 3.8) is 0 Å². The highest BCUT2D eigenvalue weighted by atomic mass is 16.5. The summed E-state index contributed by atoms with van der Waals surface area (Å²) in [7, 11) is 0. The van der Waals surface area contributed by atoms with Crippen LogP contribution >= 0.6 is 0 Å². The molecule has 0 N–H and O–H groups in total. The molecule has 78 valence electrons. The Morgan fingerprint density at radius 1 is 1.31 bits per heavy atom. The molecule has 4 unspecified atom stereocenters. The van der Waals surface area contributed by atoms with E-state index in [0.717, 1.165) is 24.4 Å². The fourth-order valence-electron chi connectivity index (χ4n) is 2.50. The van der Waals surface area contributed by atoms with Gasteiger partial charge in [-0.05, 0) is 37.5 Å². The van der Waals surface area contributed by atoms with E-state index < -0.39 is 0 Å². The quantitative estimate of drug-likeness (QED) is 0.650. The van der Waals surface area contributed by atoms with Crippen LogP contribution in [0.15, 0.2) is 0 Å². The summed E-state index contributed by atoms with van der Waals surface area (Å²) in [6.07, 6.45) is 4.53. The Kier molecular flexibility index (Phi) is 4.24. The third-order valence-electron chi connectivity index (χ3n) is 3.67. The zero-order chi connectivity index (χ0) is 9.84. The second kappa shape index (κ2) is 4.99. The van der Waals surface area contributed by atoms with Crippen LogP contribution in [0.1, 0.15) is 47.0 Å². The van der Waals surface area contributed by atoms with Gasteiger partial charge in [0.05, 0.1) is 6.10 Å². The maximum Gasteiger partial charge on any atom is 0.0603 e. The SMILES string of the molecule is CCOC1CC(C(C)CC)CC1C. The van der Waals surface area contributed by atoms with Crippen LogP contribution < -0.4 is 0 Å². The molecule has 0 aliphatic heterocycles. The van der Waals surface area contributed by atoms with Gasteiger partial charge in [-0.25, -0.2) is 0 Å². The van der Waals surface area contributed by atoms with E-state index in [1.165, 1.54) is 19.3 Å². The summed E-state index contributed by atoms with van der Waals surface area (Å²) in [5.41, 5.74) is 0. The minimum atomic E-state index is 0.545. The highest BCUT2D eigenvalue weighted by Crippen LogP contribution is 2.38. The number of ether oxygens (including phenoxy) is 1. The monoisotopic (exact) mass is 184 g/mol. The Morgan fingerprint density at radius 3 is 2.54 bits per heavy atom. The van der Waals surface area contributed by atoms with Gasteiger partial charge >= 0.3 is 0 Å². The van der Waals surface area contributed by atoms with Crippen molar-refractivity contribution < 1.29 is 4.74 Å². The second-order valence-corrected chi connectivity index (χ2v) is 4.59. The summed E-state index contributed by atoms with van der Waals surface area (Å²) in [6, 6.07) is 0. The average Bonchev–Trinajstić information content (AvgIpc) is 2.47. The zero-order valence-corrected chi connectivity index (χ0v) is 9.55. The molecule has 0 saturated heterocycles. The molecule has 1 nitrogen and oxygen atoms in total. The number of hydrogen-bond donors (Lipinski definition) is 0. The lowest BCUT2D eigenvalue weighted by molar-refractivity contribution is 0.0388. The lowest BCUT2D eigenvalue weighted by atomic mass is 9.90. The molecule has 13 heavy (non-hydrogen) atoms. The summed E-state index contributed by atoms with van der Waals surface area (Å²) in [5.74, 6) is 2.57. The van der Waals surface area contributed by atoms with Crippen LogP contribution in [0.2, 0.25) is 0 Å². The van der Waals surface area contributed by atoms with Gasteiger partial charge in [0.15, 0.2) is 0 Å². The lowest BCUT2D eigenvalue weighted by Crippen LogP contribution is -2.15. The first kappa shape index (κ1) is 11.0. The van der Waals surface area contributed by atoms with E-state index in [9.17, 15) is 0 Å². The van der Waals surface area contributed by atoms with Gasteiger partial charge in [-0.3, -0.25) is 0 Å². The van der Waals surface area contributed by atoms with Crippen molar-refractivity contribution in [1.82, 2.24) is 0 Å². The fraction of sp³-hybridized carbons (Fsp3) is 1.00. The van der Waals surface area contributed by atoms with Crippen LogP contribution in [0.5, 0.6) is 0 Å². The first-order chi connectivity index (χ1) is 6.19. The van der Waals surface area contributed by atoms with E-state index in [2.05, 4.69) is 27.7 Å². The molecule has 1 rings (SSSR count). The molecule has 0 spiro atoms. The standard InChI is InChI=1S/C12H24O/c1-5-9(3)11-7-10(4)12(8-11)13-6-2/h9-12H,5-8H2,1-4H3. The third kappa shape index (κ3) is 2.70. The molecule has 1 fully saturated rings. The fourth-order valence-corrected chi connectivity index (χ4v) is 2.50.